The molecule has 134 valence electrons. The van der Waals surface area contributed by atoms with Gasteiger partial charge in [-0.15, -0.1) is 0 Å². The Balaban J connectivity index is 1.39. The van der Waals surface area contributed by atoms with E-state index in [2.05, 4.69) is 54.1 Å². The van der Waals surface area contributed by atoms with Gasteiger partial charge in [0.05, 0.1) is 13.2 Å². The van der Waals surface area contributed by atoms with Gasteiger partial charge in [0.25, 0.3) is 0 Å². The number of rotatable bonds is 4. The molecule has 0 aliphatic carbocycles. The van der Waals surface area contributed by atoms with Gasteiger partial charge in [-0.2, -0.15) is 0 Å². The summed E-state index contributed by atoms with van der Waals surface area (Å²) in [7, 11) is 0. The molecule has 3 aromatic rings. The zero-order chi connectivity index (χ0) is 17.9. The molecule has 1 amide bonds. The number of carbonyl (C=O) groups excluding carboxylic acids is 1. The molecule has 0 bridgehead atoms. The number of morpholine rings is 1. The maximum Gasteiger partial charge on any atom is 0.224 e. The molecule has 26 heavy (non-hydrogen) atoms. The van der Waals surface area contributed by atoms with Gasteiger partial charge in [-0.25, -0.2) is 0 Å². The molecular weight excluding hydrogens is 324 g/mol. The van der Waals surface area contributed by atoms with E-state index >= 15 is 0 Å². The minimum absolute atomic E-state index is 0.0238. The molecule has 0 spiro atoms. The molecule has 1 fully saturated rings. The van der Waals surface area contributed by atoms with E-state index in [9.17, 15) is 4.79 Å². The Morgan fingerprint density at radius 2 is 2.00 bits per heavy atom. The number of benzene rings is 2. The van der Waals surface area contributed by atoms with Crippen molar-refractivity contribution in [2.75, 3.05) is 19.7 Å². The number of hydrogen-bond acceptors (Lipinski definition) is 2. The van der Waals surface area contributed by atoms with Gasteiger partial charge in [0, 0.05) is 31.2 Å². The molecule has 1 unspecified atom stereocenters. The van der Waals surface area contributed by atoms with Crippen LogP contribution in [0.1, 0.15) is 23.7 Å². The summed E-state index contributed by atoms with van der Waals surface area (Å²) in [5, 5.41) is 1.23. The monoisotopic (exact) mass is 348 g/mol. The lowest BCUT2D eigenvalue weighted by Crippen LogP contribution is -2.42. The molecule has 1 saturated heterocycles. The second kappa shape index (κ2) is 7.34. The van der Waals surface area contributed by atoms with Gasteiger partial charge < -0.3 is 14.2 Å². The summed E-state index contributed by atoms with van der Waals surface area (Å²) in [5.74, 6) is 0.197. The van der Waals surface area contributed by atoms with Crippen LogP contribution in [0.15, 0.2) is 60.8 Å². The minimum Gasteiger partial charge on any atom is -0.370 e. The molecule has 1 aromatic heterocycles. The lowest BCUT2D eigenvalue weighted by molar-refractivity contribution is -0.139. The van der Waals surface area contributed by atoms with E-state index in [1.807, 2.05) is 23.1 Å². The van der Waals surface area contributed by atoms with Gasteiger partial charge in [-0.1, -0.05) is 42.0 Å². The highest BCUT2D eigenvalue weighted by atomic mass is 16.5. The van der Waals surface area contributed by atoms with Crippen molar-refractivity contribution in [3.63, 3.8) is 0 Å². The normalized spacial score (nSPS) is 17.6. The third kappa shape index (κ3) is 3.51. The fourth-order valence-electron chi connectivity index (χ4n) is 3.63. The number of aryl methyl sites for hydroxylation is 2. The van der Waals surface area contributed by atoms with Crippen LogP contribution in [0.3, 0.4) is 0 Å². The molecule has 1 aliphatic heterocycles. The molecule has 4 nitrogen and oxygen atoms in total. The Hall–Kier alpha value is -2.59. The number of hydrogen-bond donors (Lipinski definition) is 0. The topological polar surface area (TPSA) is 34.5 Å². The first kappa shape index (κ1) is 16.9. The highest BCUT2D eigenvalue weighted by molar-refractivity contribution is 5.81. The van der Waals surface area contributed by atoms with E-state index in [-0.39, 0.29) is 12.0 Å². The van der Waals surface area contributed by atoms with E-state index in [1.165, 1.54) is 16.5 Å². The van der Waals surface area contributed by atoms with Crippen molar-refractivity contribution in [1.82, 2.24) is 9.47 Å². The molecular formula is C22H24N2O2. The number of ether oxygens (including phenoxy) is 1. The predicted molar refractivity (Wildman–Crippen MR) is 103 cm³/mol. The van der Waals surface area contributed by atoms with Crippen molar-refractivity contribution in [3.05, 3.63) is 71.9 Å². The number of nitrogens with zero attached hydrogens (tertiary/aromatic N) is 2. The minimum atomic E-state index is -0.0238. The summed E-state index contributed by atoms with van der Waals surface area (Å²) in [6.45, 7) is 4.71. The molecule has 4 heteroatoms. The van der Waals surface area contributed by atoms with Crippen molar-refractivity contribution in [1.29, 1.82) is 0 Å². The zero-order valence-corrected chi connectivity index (χ0v) is 15.1. The quantitative estimate of drug-likeness (QED) is 0.716. The number of carbonyl (C=O) groups is 1. The number of amides is 1. The average molecular weight is 348 g/mol. The van der Waals surface area contributed by atoms with Crippen molar-refractivity contribution >= 4 is 16.8 Å². The molecule has 2 aromatic carbocycles. The van der Waals surface area contributed by atoms with Gasteiger partial charge in [-0.05, 0) is 36.1 Å². The van der Waals surface area contributed by atoms with Gasteiger partial charge in [-0.3, -0.25) is 4.79 Å². The highest BCUT2D eigenvalue weighted by Gasteiger charge is 2.25. The molecule has 1 atom stereocenters. The molecule has 0 radical (unpaired) electrons. The van der Waals surface area contributed by atoms with E-state index in [4.69, 9.17) is 4.74 Å². The Morgan fingerprint density at radius 1 is 1.15 bits per heavy atom. The lowest BCUT2D eigenvalue weighted by Gasteiger charge is -2.33. The van der Waals surface area contributed by atoms with Crippen molar-refractivity contribution < 1.29 is 9.53 Å². The van der Waals surface area contributed by atoms with Crippen LogP contribution in [0.4, 0.5) is 0 Å². The Bertz CT molecular complexity index is 901. The summed E-state index contributed by atoms with van der Waals surface area (Å²) >= 11 is 0. The Labute approximate surface area is 154 Å². The molecule has 2 heterocycles. The first-order chi connectivity index (χ1) is 12.7. The first-order valence-corrected chi connectivity index (χ1v) is 9.20. The fourth-order valence-corrected chi connectivity index (χ4v) is 3.63. The summed E-state index contributed by atoms with van der Waals surface area (Å²) in [6.07, 6.45) is 2.56. The Kier molecular flexibility index (Phi) is 4.76. The maximum atomic E-state index is 12.7. The largest absolute Gasteiger partial charge is 0.370 e. The number of aromatic nitrogens is 1. The van der Waals surface area contributed by atoms with Crippen LogP contribution in [0, 0.1) is 6.92 Å². The summed E-state index contributed by atoms with van der Waals surface area (Å²) < 4.78 is 8.03. The highest BCUT2D eigenvalue weighted by Crippen LogP contribution is 2.23. The van der Waals surface area contributed by atoms with E-state index < -0.39 is 0 Å². The molecule has 4 rings (SSSR count). The standard InChI is InChI=1S/C22H24N2O2/c1-17-7-8-20-19(15-17)9-11-23(20)12-10-22(25)24-13-14-26-21(16-24)18-5-3-2-4-6-18/h2-9,11,15,21H,10,12-14,16H2,1H3. The summed E-state index contributed by atoms with van der Waals surface area (Å²) in [5.41, 5.74) is 3.58. The molecule has 0 saturated carbocycles. The van der Waals surface area contributed by atoms with Crippen LogP contribution in [-0.2, 0) is 16.1 Å². The van der Waals surface area contributed by atoms with Gasteiger partial charge in [0.1, 0.15) is 6.10 Å². The average Bonchev–Trinajstić information content (AvgIpc) is 3.09. The van der Waals surface area contributed by atoms with E-state index in [0.717, 1.165) is 5.56 Å². The lowest BCUT2D eigenvalue weighted by atomic mass is 10.1. The second-order valence-corrected chi connectivity index (χ2v) is 6.93. The molecule has 1 aliphatic rings. The Morgan fingerprint density at radius 3 is 2.85 bits per heavy atom. The van der Waals surface area contributed by atoms with Gasteiger partial charge >= 0.3 is 0 Å². The number of fused-ring (bicyclic) bond motifs is 1. The van der Waals surface area contributed by atoms with Gasteiger partial charge in [0.15, 0.2) is 0 Å². The van der Waals surface area contributed by atoms with Crippen LogP contribution >= 0.6 is 0 Å². The van der Waals surface area contributed by atoms with E-state index in [1.54, 1.807) is 0 Å². The van der Waals surface area contributed by atoms with Crippen LogP contribution in [-0.4, -0.2) is 35.1 Å². The second-order valence-electron chi connectivity index (χ2n) is 6.93. The van der Waals surface area contributed by atoms with Crippen LogP contribution in [0.25, 0.3) is 10.9 Å². The van der Waals surface area contributed by atoms with Crippen molar-refractivity contribution in [3.8, 4) is 0 Å². The smallest absolute Gasteiger partial charge is 0.224 e. The SMILES string of the molecule is Cc1ccc2c(ccn2CCC(=O)N2CCOC(c3ccccc3)C2)c1. The summed E-state index contributed by atoms with van der Waals surface area (Å²) in [6, 6.07) is 18.7. The van der Waals surface area contributed by atoms with Crippen molar-refractivity contribution in [2.45, 2.75) is 26.0 Å². The first-order valence-electron chi connectivity index (χ1n) is 9.20. The zero-order valence-electron chi connectivity index (χ0n) is 15.1. The molecule has 0 N–H and O–H groups in total. The third-order valence-corrected chi connectivity index (χ3v) is 5.08. The van der Waals surface area contributed by atoms with E-state index in [0.29, 0.717) is 32.7 Å². The maximum absolute atomic E-state index is 12.7. The summed E-state index contributed by atoms with van der Waals surface area (Å²) in [4.78, 5) is 14.7. The van der Waals surface area contributed by atoms with Gasteiger partial charge in [0.2, 0.25) is 5.91 Å². The van der Waals surface area contributed by atoms with Crippen LogP contribution < -0.4 is 0 Å². The van der Waals surface area contributed by atoms with Crippen molar-refractivity contribution in [2.24, 2.45) is 0 Å². The predicted octanol–water partition coefficient (Wildman–Crippen LogP) is 3.94. The van der Waals surface area contributed by atoms with Crippen LogP contribution in [0.2, 0.25) is 0 Å². The van der Waals surface area contributed by atoms with Crippen LogP contribution in [0.5, 0.6) is 0 Å². The third-order valence-electron chi connectivity index (χ3n) is 5.08. The fraction of sp³-hybridized carbons (Fsp3) is 0.318.